The number of aromatic nitrogens is 3. The molecule has 1 aromatic carbocycles. The second kappa shape index (κ2) is 5.09. The quantitative estimate of drug-likeness (QED) is 0.804. The van der Waals surface area contributed by atoms with Crippen molar-refractivity contribution in [3.63, 3.8) is 0 Å². The number of ether oxygens (including phenoxy) is 1. The van der Waals surface area contributed by atoms with Gasteiger partial charge in [-0.3, -0.25) is 9.89 Å². The zero-order valence-electron chi connectivity index (χ0n) is 12.3. The first-order valence-corrected chi connectivity index (χ1v) is 6.85. The predicted molar refractivity (Wildman–Crippen MR) is 81.9 cm³/mol. The molecule has 2 heterocycles. The molecule has 0 aliphatic heterocycles. The molecule has 0 radical (unpaired) electrons. The summed E-state index contributed by atoms with van der Waals surface area (Å²) in [4.78, 5) is 16.8. The lowest BCUT2D eigenvalue weighted by Crippen LogP contribution is -2.14. The van der Waals surface area contributed by atoms with E-state index in [-0.39, 0.29) is 5.56 Å². The van der Waals surface area contributed by atoms with Gasteiger partial charge in [-0.05, 0) is 30.2 Å². The van der Waals surface area contributed by atoms with E-state index < -0.39 is 0 Å². The zero-order valence-corrected chi connectivity index (χ0v) is 12.3. The number of benzene rings is 1. The molecule has 0 unspecified atom stereocenters. The fourth-order valence-corrected chi connectivity index (χ4v) is 2.22. The van der Waals surface area contributed by atoms with Gasteiger partial charge in [-0.2, -0.15) is 0 Å². The summed E-state index contributed by atoms with van der Waals surface area (Å²) in [6, 6.07) is 11.0. The Morgan fingerprint density at radius 1 is 1.19 bits per heavy atom. The van der Waals surface area contributed by atoms with E-state index in [1.54, 1.807) is 7.11 Å². The van der Waals surface area contributed by atoms with Crippen LogP contribution in [-0.2, 0) is 0 Å². The van der Waals surface area contributed by atoms with E-state index in [2.05, 4.69) is 23.9 Å². The topological polar surface area (TPSA) is 59.4 Å². The van der Waals surface area contributed by atoms with Crippen molar-refractivity contribution in [1.29, 1.82) is 0 Å². The van der Waals surface area contributed by atoms with Crippen LogP contribution in [0.25, 0.3) is 16.9 Å². The highest BCUT2D eigenvalue weighted by atomic mass is 16.5. The third-order valence-corrected chi connectivity index (χ3v) is 3.48. The Kier molecular flexibility index (Phi) is 3.25. The molecule has 5 nitrogen and oxygen atoms in total. The monoisotopic (exact) mass is 283 g/mol. The lowest BCUT2D eigenvalue weighted by Gasteiger charge is -2.03. The van der Waals surface area contributed by atoms with Gasteiger partial charge in [0.05, 0.1) is 12.8 Å². The summed E-state index contributed by atoms with van der Waals surface area (Å²) >= 11 is 0. The van der Waals surface area contributed by atoms with Gasteiger partial charge < -0.3 is 4.74 Å². The van der Waals surface area contributed by atoms with Crippen molar-refractivity contribution in [1.82, 2.24) is 14.6 Å². The maximum Gasteiger partial charge on any atom is 0.273 e. The van der Waals surface area contributed by atoms with Crippen LogP contribution in [0.2, 0.25) is 0 Å². The number of nitrogens with one attached hydrogen (secondary N) is 1. The predicted octanol–water partition coefficient (Wildman–Crippen LogP) is 2.82. The van der Waals surface area contributed by atoms with Gasteiger partial charge in [-0.25, -0.2) is 9.50 Å². The number of rotatable bonds is 3. The van der Waals surface area contributed by atoms with Crippen LogP contribution in [0.4, 0.5) is 0 Å². The molecular weight excluding hydrogens is 266 g/mol. The Morgan fingerprint density at radius 2 is 1.90 bits per heavy atom. The minimum atomic E-state index is -0.113. The molecule has 0 amide bonds. The minimum absolute atomic E-state index is 0.113. The zero-order chi connectivity index (χ0) is 15.0. The highest BCUT2D eigenvalue weighted by Crippen LogP contribution is 2.21. The third-order valence-electron chi connectivity index (χ3n) is 3.48. The molecule has 0 bridgehead atoms. The van der Waals surface area contributed by atoms with Gasteiger partial charge in [-0.1, -0.05) is 13.8 Å². The maximum absolute atomic E-state index is 12.2. The van der Waals surface area contributed by atoms with E-state index in [9.17, 15) is 4.79 Å². The van der Waals surface area contributed by atoms with Crippen molar-refractivity contribution in [3.8, 4) is 17.0 Å². The summed E-state index contributed by atoms with van der Waals surface area (Å²) in [6.45, 7) is 4.14. The SMILES string of the molecule is COc1ccc(-c2cc(=O)n3[nH]c(C(C)C)cc3n2)cc1. The molecule has 21 heavy (non-hydrogen) atoms. The molecule has 0 aliphatic carbocycles. The molecule has 0 fully saturated rings. The number of aromatic amines is 1. The first-order chi connectivity index (χ1) is 10.1. The van der Waals surface area contributed by atoms with Gasteiger partial charge in [-0.15, -0.1) is 0 Å². The van der Waals surface area contributed by atoms with E-state index in [0.717, 1.165) is 17.0 Å². The number of hydrogen-bond acceptors (Lipinski definition) is 3. The summed E-state index contributed by atoms with van der Waals surface area (Å²) in [5.74, 6) is 1.09. The molecule has 3 rings (SSSR count). The second-order valence-electron chi connectivity index (χ2n) is 5.27. The summed E-state index contributed by atoms with van der Waals surface area (Å²) in [5, 5.41) is 3.08. The Morgan fingerprint density at radius 3 is 2.52 bits per heavy atom. The third kappa shape index (κ3) is 2.42. The molecule has 0 saturated carbocycles. The Labute approximate surface area is 122 Å². The highest BCUT2D eigenvalue weighted by molar-refractivity contribution is 5.62. The normalized spacial score (nSPS) is 11.2. The fourth-order valence-electron chi connectivity index (χ4n) is 2.22. The number of methoxy groups -OCH3 is 1. The molecule has 108 valence electrons. The molecule has 2 aromatic heterocycles. The summed E-state index contributed by atoms with van der Waals surface area (Å²) in [5.41, 5.74) is 3.07. The minimum Gasteiger partial charge on any atom is -0.497 e. The lowest BCUT2D eigenvalue weighted by molar-refractivity contribution is 0.415. The van der Waals surface area contributed by atoms with Gasteiger partial charge in [0.1, 0.15) is 5.75 Å². The summed E-state index contributed by atoms with van der Waals surface area (Å²) < 4.78 is 6.61. The second-order valence-corrected chi connectivity index (χ2v) is 5.27. The Bertz CT molecular complexity index is 829. The number of H-pyrrole nitrogens is 1. The standard InChI is InChI=1S/C16H17N3O2/c1-10(2)13-8-15-17-14(9-16(20)19(15)18-13)11-4-6-12(21-3)7-5-11/h4-10,18H,1-3H3. The van der Waals surface area contributed by atoms with Crippen molar-refractivity contribution >= 4 is 5.65 Å². The maximum atomic E-state index is 12.2. The Balaban J connectivity index is 2.12. The van der Waals surface area contributed by atoms with Crippen LogP contribution in [0.15, 0.2) is 41.2 Å². The van der Waals surface area contributed by atoms with E-state index in [4.69, 9.17) is 4.74 Å². The number of fused-ring (bicyclic) bond motifs is 1. The van der Waals surface area contributed by atoms with Gasteiger partial charge in [0.15, 0.2) is 5.65 Å². The smallest absolute Gasteiger partial charge is 0.273 e. The van der Waals surface area contributed by atoms with E-state index in [1.165, 1.54) is 10.6 Å². The average molecular weight is 283 g/mol. The van der Waals surface area contributed by atoms with Gasteiger partial charge in [0, 0.05) is 23.4 Å². The number of nitrogens with zero attached hydrogens (tertiary/aromatic N) is 2. The Hall–Kier alpha value is -2.56. The summed E-state index contributed by atoms with van der Waals surface area (Å²) in [6.07, 6.45) is 0. The first-order valence-electron chi connectivity index (χ1n) is 6.85. The van der Waals surface area contributed by atoms with E-state index >= 15 is 0 Å². The van der Waals surface area contributed by atoms with Crippen LogP contribution in [0.5, 0.6) is 5.75 Å². The van der Waals surface area contributed by atoms with Crippen LogP contribution >= 0.6 is 0 Å². The molecule has 1 N–H and O–H groups in total. The van der Waals surface area contributed by atoms with Crippen LogP contribution in [0, 0.1) is 0 Å². The summed E-state index contributed by atoms with van der Waals surface area (Å²) in [7, 11) is 1.62. The lowest BCUT2D eigenvalue weighted by atomic mass is 10.1. The molecule has 5 heteroatoms. The molecule has 0 spiro atoms. The van der Waals surface area contributed by atoms with E-state index in [1.807, 2.05) is 30.3 Å². The molecule has 0 aliphatic rings. The largest absolute Gasteiger partial charge is 0.497 e. The van der Waals surface area contributed by atoms with Crippen molar-refractivity contribution in [3.05, 3.63) is 52.4 Å². The molecule has 0 saturated heterocycles. The van der Waals surface area contributed by atoms with Gasteiger partial charge in [0.25, 0.3) is 5.56 Å². The van der Waals surface area contributed by atoms with Crippen LogP contribution in [-0.4, -0.2) is 21.7 Å². The van der Waals surface area contributed by atoms with Crippen LogP contribution in [0.3, 0.4) is 0 Å². The molecular formula is C16H17N3O2. The molecule has 0 atom stereocenters. The highest BCUT2D eigenvalue weighted by Gasteiger charge is 2.09. The fraction of sp³-hybridized carbons (Fsp3) is 0.250. The average Bonchev–Trinajstić information content (AvgIpc) is 2.92. The number of hydrogen-bond donors (Lipinski definition) is 1. The van der Waals surface area contributed by atoms with Crippen molar-refractivity contribution in [2.24, 2.45) is 0 Å². The van der Waals surface area contributed by atoms with Gasteiger partial charge in [0.2, 0.25) is 0 Å². The first kappa shape index (κ1) is 13.4. The van der Waals surface area contributed by atoms with E-state index in [0.29, 0.717) is 17.3 Å². The van der Waals surface area contributed by atoms with Crippen molar-refractivity contribution in [2.75, 3.05) is 7.11 Å². The van der Waals surface area contributed by atoms with Crippen LogP contribution < -0.4 is 10.3 Å². The van der Waals surface area contributed by atoms with Crippen molar-refractivity contribution in [2.45, 2.75) is 19.8 Å². The van der Waals surface area contributed by atoms with Crippen LogP contribution in [0.1, 0.15) is 25.5 Å². The molecule has 3 aromatic rings. The van der Waals surface area contributed by atoms with Gasteiger partial charge >= 0.3 is 0 Å². The van der Waals surface area contributed by atoms with Crippen molar-refractivity contribution < 1.29 is 4.74 Å².